The largest absolute Gasteiger partial charge is 0.438 e. The Morgan fingerprint density at radius 2 is 1.55 bits per heavy atom. The van der Waals surface area contributed by atoms with Crippen molar-refractivity contribution < 1.29 is 9.53 Å². The number of para-hydroxylation sites is 1. The van der Waals surface area contributed by atoms with Gasteiger partial charge in [-0.3, -0.25) is 4.79 Å². The maximum absolute atomic E-state index is 12.5. The first kappa shape index (κ1) is 14.4. The fraction of sp³-hybridized carbons (Fsp3) is 0. The molecule has 0 N–H and O–H groups in total. The Balaban J connectivity index is 1.83. The second-order valence-corrected chi connectivity index (χ2v) is 5.52. The van der Waals surface area contributed by atoms with E-state index in [0.29, 0.717) is 17.2 Å². The number of aromatic nitrogens is 1. The van der Waals surface area contributed by atoms with Crippen molar-refractivity contribution in [3.05, 3.63) is 84.6 Å². The molecule has 0 atom stereocenters. The van der Waals surface area contributed by atoms with Gasteiger partial charge in [-0.25, -0.2) is 4.98 Å². The number of hydrogen-bond donors (Lipinski definition) is 0. The number of benzene rings is 2. The van der Waals surface area contributed by atoms with Crippen LogP contribution in [0.1, 0.15) is 10.4 Å². The summed E-state index contributed by atoms with van der Waals surface area (Å²) in [5, 5.41) is -0.0924. The Morgan fingerprint density at radius 3 is 2.27 bits per heavy atom. The summed E-state index contributed by atoms with van der Waals surface area (Å²) in [6, 6.07) is 22.3. The minimum atomic E-state index is -0.0924. The molecule has 0 spiro atoms. The molecule has 4 heteroatoms. The zero-order valence-corrected chi connectivity index (χ0v) is 12.5. The lowest BCUT2D eigenvalue weighted by atomic mass is 10.3. The molecule has 0 radical (unpaired) electrons. The molecule has 0 aliphatic heterocycles. The van der Waals surface area contributed by atoms with Crippen LogP contribution in [0.5, 0.6) is 11.6 Å². The second kappa shape index (κ2) is 6.91. The van der Waals surface area contributed by atoms with E-state index in [9.17, 15) is 4.79 Å². The van der Waals surface area contributed by atoms with Crippen LogP contribution in [0.2, 0.25) is 0 Å². The lowest BCUT2D eigenvalue weighted by molar-refractivity contribution is 0.108. The third-order valence-corrected chi connectivity index (χ3v) is 3.82. The van der Waals surface area contributed by atoms with E-state index in [-0.39, 0.29) is 5.12 Å². The maximum atomic E-state index is 12.5. The SMILES string of the molecule is O=C(Sc1ccccc1)c1cccnc1Oc1ccccc1. The highest BCUT2D eigenvalue weighted by Gasteiger charge is 2.15. The molecule has 0 unspecified atom stereocenters. The normalized spacial score (nSPS) is 10.2. The van der Waals surface area contributed by atoms with Gasteiger partial charge in [0.15, 0.2) is 0 Å². The number of rotatable bonds is 4. The van der Waals surface area contributed by atoms with Crippen LogP contribution >= 0.6 is 11.8 Å². The summed E-state index contributed by atoms with van der Waals surface area (Å²) in [6.45, 7) is 0. The number of pyridine rings is 1. The number of carbonyl (C=O) groups excluding carboxylic acids is 1. The Kier molecular flexibility index (Phi) is 4.51. The molecular weight excluding hydrogens is 294 g/mol. The smallest absolute Gasteiger partial charge is 0.231 e. The van der Waals surface area contributed by atoms with Gasteiger partial charge in [0.25, 0.3) is 0 Å². The highest BCUT2D eigenvalue weighted by Crippen LogP contribution is 2.29. The standard InChI is InChI=1S/C18H13NO2S/c20-18(22-15-10-5-2-6-11-15)16-12-7-13-19-17(16)21-14-8-3-1-4-9-14/h1-13H. The molecule has 1 heterocycles. The summed E-state index contributed by atoms with van der Waals surface area (Å²) in [6.07, 6.45) is 1.61. The molecule has 3 nitrogen and oxygen atoms in total. The number of ether oxygens (including phenoxy) is 1. The van der Waals surface area contributed by atoms with Crippen LogP contribution in [0.4, 0.5) is 0 Å². The Labute approximate surface area is 133 Å². The van der Waals surface area contributed by atoms with Crippen molar-refractivity contribution in [2.24, 2.45) is 0 Å². The van der Waals surface area contributed by atoms with E-state index in [2.05, 4.69) is 4.98 Å². The molecule has 3 aromatic rings. The topological polar surface area (TPSA) is 39.2 Å². The molecule has 3 rings (SSSR count). The molecule has 108 valence electrons. The minimum absolute atomic E-state index is 0.0924. The average Bonchev–Trinajstić information content (AvgIpc) is 2.57. The fourth-order valence-electron chi connectivity index (χ4n) is 1.88. The summed E-state index contributed by atoms with van der Waals surface area (Å²) in [5.41, 5.74) is 0.459. The van der Waals surface area contributed by atoms with Crippen LogP contribution in [0.25, 0.3) is 0 Å². The van der Waals surface area contributed by atoms with E-state index >= 15 is 0 Å². The first-order valence-corrected chi connectivity index (χ1v) is 7.60. The number of hydrogen-bond acceptors (Lipinski definition) is 4. The number of carbonyl (C=O) groups is 1. The second-order valence-electron chi connectivity index (χ2n) is 4.47. The van der Waals surface area contributed by atoms with Crippen LogP contribution in [-0.2, 0) is 0 Å². The molecule has 22 heavy (non-hydrogen) atoms. The molecule has 0 saturated carbocycles. The molecule has 1 aromatic heterocycles. The molecular formula is C18H13NO2S. The lowest BCUT2D eigenvalue weighted by Gasteiger charge is -2.08. The number of nitrogens with zero attached hydrogens (tertiary/aromatic N) is 1. The number of thioether (sulfide) groups is 1. The van der Waals surface area contributed by atoms with Gasteiger partial charge in [0.05, 0.1) is 5.56 Å². The molecule has 2 aromatic carbocycles. The van der Waals surface area contributed by atoms with Gasteiger partial charge in [-0.15, -0.1) is 0 Å². The van der Waals surface area contributed by atoms with E-state index in [0.717, 1.165) is 16.7 Å². The lowest BCUT2D eigenvalue weighted by Crippen LogP contribution is -1.99. The van der Waals surface area contributed by atoms with Crippen molar-refractivity contribution in [3.63, 3.8) is 0 Å². The van der Waals surface area contributed by atoms with Crippen LogP contribution in [-0.4, -0.2) is 10.1 Å². The van der Waals surface area contributed by atoms with E-state index in [1.807, 2.05) is 60.7 Å². The van der Waals surface area contributed by atoms with E-state index in [4.69, 9.17) is 4.74 Å². The van der Waals surface area contributed by atoms with Crippen LogP contribution in [0.3, 0.4) is 0 Å². The first-order chi connectivity index (χ1) is 10.8. The van der Waals surface area contributed by atoms with Gasteiger partial charge < -0.3 is 4.74 Å². The molecule has 0 aliphatic carbocycles. The van der Waals surface area contributed by atoms with E-state index in [1.165, 1.54) is 0 Å². The average molecular weight is 307 g/mol. The summed E-state index contributed by atoms with van der Waals surface area (Å²) < 4.78 is 5.72. The monoisotopic (exact) mass is 307 g/mol. The van der Waals surface area contributed by atoms with Crippen molar-refractivity contribution in [3.8, 4) is 11.6 Å². The van der Waals surface area contributed by atoms with Crippen LogP contribution in [0.15, 0.2) is 83.9 Å². The molecule has 0 saturated heterocycles. The van der Waals surface area contributed by atoms with E-state index < -0.39 is 0 Å². The van der Waals surface area contributed by atoms with Crippen molar-refractivity contribution in [2.45, 2.75) is 4.90 Å². The highest BCUT2D eigenvalue weighted by atomic mass is 32.2. The highest BCUT2D eigenvalue weighted by molar-refractivity contribution is 8.14. The molecule has 0 amide bonds. The minimum Gasteiger partial charge on any atom is -0.438 e. The van der Waals surface area contributed by atoms with Gasteiger partial charge >= 0.3 is 0 Å². The van der Waals surface area contributed by atoms with Gasteiger partial charge in [-0.05, 0) is 48.2 Å². The Morgan fingerprint density at radius 1 is 0.864 bits per heavy atom. The predicted octanol–water partition coefficient (Wildman–Crippen LogP) is 4.81. The van der Waals surface area contributed by atoms with Crippen molar-refractivity contribution >= 4 is 16.9 Å². The third kappa shape index (κ3) is 3.54. The molecule has 0 aliphatic rings. The van der Waals surface area contributed by atoms with Gasteiger partial charge in [-0.1, -0.05) is 36.4 Å². The van der Waals surface area contributed by atoms with Crippen molar-refractivity contribution in [2.75, 3.05) is 0 Å². The first-order valence-electron chi connectivity index (χ1n) is 6.78. The van der Waals surface area contributed by atoms with Crippen molar-refractivity contribution in [1.82, 2.24) is 4.98 Å². The quantitative estimate of drug-likeness (QED) is 0.649. The Bertz CT molecular complexity index is 760. The molecule has 0 bridgehead atoms. The third-order valence-electron chi connectivity index (χ3n) is 2.90. The van der Waals surface area contributed by atoms with E-state index in [1.54, 1.807) is 18.3 Å². The van der Waals surface area contributed by atoms with Gasteiger partial charge in [0, 0.05) is 11.1 Å². The zero-order chi connectivity index (χ0) is 15.2. The summed E-state index contributed by atoms with van der Waals surface area (Å²) in [7, 11) is 0. The van der Waals surface area contributed by atoms with Crippen LogP contribution in [0, 0.1) is 0 Å². The Hall–Kier alpha value is -2.59. The predicted molar refractivity (Wildman–Crippen MR) is 87.4 cm³/mol. The zero-order valence-electron chi connectivity index (χ0n) is 11.7. The van der Waals surface area contributed by atoms with Gasteiger partial charge in [0.1, 0.15) is 5.75 Å². The van der Waals surface area contributed by atoms with Gasteiger partial charge in [0.2, 0.25) is 11.0 Å². The summed E-state index contributed by atoms with van der Waals surface area (Å²) in [5.74, 6) is 0.974. The molecule has 0 fully saturated rings. The summed E-state index contributed by atoms with van der Waals surface area (Å²) >= 11 is 1.16. The van der Waals surface area contributed by atoms with Gasteiger partial charge in [-0.2, -0.15) is 0 Å². The fourth-order valence-corrected chi connectivity index (χ4v) is 2.65. The van der Waals surface area contributed by atoms with Crippen molar-refractivity contribution in [1.29, 1.82) is 0 Å². The van der Waals surface area contributed by atoms with Crippen LogP contribution < -0.4 is 4.74 Å². The summed E-state index contributed by atoms with van der Waals surface area (Å²) in [4.78, 5) is 17.5. The maximum Gasteiger partial charge on any atom is 0.231 e.